The molecule has 1 N–H and O–H groups in total. The van der Waals surface area contributed by atoms with Crippen LogP contribution in [0.25, 0.3) is 0 Å². The molecule has 1 aromatic heterocycles. The minimum atomic E-state index is -0.0209. The van der Waals surface area contributed by atoms with Gasteiger partial charge < -0.3 is 19.5 Å². The van der Waals surface area contributed by atoms with Gasteiger partial charge in [-0.15, -0.1) is 0 Å². The quantitative estimate of drug-likeness (QED) is 0.853. The maximum atomic E-state index is 12.1. The van der Waals surface area contributed by atoms with Crippen molar-refractivity contribution < 1.29 is 14.1 Å². The molecule has 0 radical (unpaired) electrons. The number of hydrogen-bond donors (Lipinski definition) is 1. The Balaban J connectivity index is 1.35. The van der Waals surface area contributed by atoms with Crippen molar-refractivity contribution in [3.8, 4) is 0 Å². The van der Waals surface area contributed by atoms with Gasteiger partial charge in [0.05, 0.1) is 6.54 Å². The van der Waals surface area contributed by atoms with E-state index in [0.29, 0.717) is 36.6 Å². The van der Waals surface area contributed by atoms with Gasteiger partial charge in [-0.2, -0.15) is 4.98 Å². The molecule has 3 aliphatic rings. The third-order valence-electron chi connectivity index (χ3n) is 5.02. The number of carbonyl (C=O) groups is 1. The first-order valence-corrected chi connectivity index (χ1v) is 8.72. The Morgan fingerprint density at radius 1 is 1.17 bits per heavy atom. The third-order valence-corrected chi connectivity index (χ3v) is 5.02. The lowest BCUT2D eigenvalue weighted by molar-refractivity contribution is -0.129. The maximum Gasteiger partial charge on any atom is 0.249 e. The van der Waals surface area contributed by atoms with Gasteiger partial charge in [0.1, 0.15) is 6.04 Å². The molecule has 1 saturated carbocycles. The molecule has 0 unspecified atom stereocenters. The summed E-state index contributed by atoms with van der Waals surface area (Å²) in [6, 6.07) is 0.442. The van der Waals surface area contributed by atoms with Crippen molar-refractivity contribution in [3.05, 3.63) is 11.7 Å². The van der Waals surface area contributed by atoms with Gasteiger partial charge in [0.2, 0.25) is 11.8 Å². The summed E-state index contributed by atoms with van der Waals surface area (Å²) in [6.45, 7) is 3.09. The van der Waals surface area contributed by atoms with Gasteiger partial charge in [0.15, 0.2) is 5.82 Å². The summed E-state index contributed by atoms with van der Waals surface area (Å²) in [6.07, 6.45) is 5.91. The first-order chi connectivity index (χ1) is 11.3. The standard InChI is InChI=1S/C16H24N4O3/c21-15-4-3-13(20(15)10-11-1-2-11)16-18-14(19-23-16)9-17-12-5-7-22-8-6-12/h11-13,17H,1-10H2/t13-/m0/s1. The first-order valence-electron chi connectivity index (χ1n) is 8.72. The van der Waals surface area contributed by atoms with Gasteiger partial charge in [0.25, 0.3) is 0 Å². The SMILES string of the molecule is O=C1CC[C@@H](c2nc(CNC3CCOCC3)no2)N1CC1CC1. The Hall–Kier alpha value is -1.47. The van der Waals surface area contributed by atoms with Crippen molar-refractivity contribution in [1.82, 2.24) is 20.4 Å². The minimum absolute atomic E-state index is 0.0209. The monoisotopic (exact) mass is 320 g/mol. The summed E-state index contributed by atoms with van der Waals surface area (Å²) in [7, 11) is 0. The van der Waals surface area contributed by atoms with E-state index in [9.17, 15) is 4.79 Å². The molecule has 7 heteroatoms. The fourth-order valence-electron chi connectivity index (χ4n) is 3.41. The fourth-order valence-corrected chi connectivity index (χ4v) is 3.41. The normalized spacial score (nSPS) is 26.2. The second-order valence-corrected chi connectivity index (χ2v) is 6.86. The van der Waals surface area contributed by atoms with Crippen LogP contribution in [-0.4, -0.2) is 46.7 Å². The number of nitrogens with zero attached hydrogens (tertiary/aromatic N) is 3. The molecule has 4 rings (SSSR count). The van der Waals surface area contributed by atoms with Crippen LogP contribution in [0.15, 0.2) is 4.52 Å². The van der Waals surface area contributed by atoms with E-state index in [1.165, 1.54) is 12.8 Å². The summed E-state index contributed by atoms with van der Waals surface area (Å²) in [5.41, 5.74) is 0. The number of hydrogen-bond acceptors (Lipinski definition) is 6. The number of nitrogens with one attached hydrogen (secondary N) is 1. The molecule has 3 heterocycles. The van der Waals surface area contributed by atoms with Crippen LogP contribution in [0.4, 0.5) is 0 Å². The average Bonchev–Trinajstić information content (AvgIpc) is 3.15. The van der Waals surface area contributed by atoms with Gasteiger partial charge >= 0.3 is 0 Å². The smallest absolute Gasteiger partial charge is 0.249 e. The molecule has 2 saturated heterocycles. The predicted molar refractivity (Wildman–Crippen MR) is 81.4 cm³/mol. The van der Waals surface area contributed by atoms with E-state index in [4.69, 9.17) is 9.26 Å². The molecule has 1 atom stereocenters. The summed E-state index contributed by atoms with van der Waals surface area (Å²) in [4.78, 5) is 18.5. The lowest BCUT2D eigenvalue weighted by atomic mass is 10.1. The van der Waals surface area contributed by atoms with Gasteiger partial charge in [-0.1, -0.05) is 5.16 Å². The highest BCUT2D eigenvalue weighted by molar-refractivity contribution is 5.78. The zero-order valence-corrected chi connectivity index (χ0v) is 13.4. The number of ether oxygens (including phenoxy) is 1. The third kappa shape index (κ3) is 3.55. The topological polar surface area (TPSA) is 80.5 Å². The molecule has 0 aromatic carbocycles. The summed E-state index contributed by atoms with van der Waals surface area (Å²) in [5, 5.41) is 7.54. The molecule has 1 amide bonds. The van der Waals surface area contributed by atoms with E-state index in [2.05, 4.69) is 15.5 Å². The van der Waals surface area contributed by atoms with Crippen LogP contribution in [0.5, 0.6) is 0 Å². The zero-order valence-electron chi connectivity index (χ0n) is 13.4. The van der Waals surface area contributed by atoms with E-state index in [1.54, 1.807) is 0 Å². The van der Waals surface area contributed by atoms with Crippen molar-refractivity contribution >= 4 is 5.91 Å². The van der Waals surface area contributed by atoms with Gasteiger partial charge in [-0.05, 0) is 38.0 Å². The van der Waals surface area contributed by atoms with Crippen molar-refractivity contribution in [2.24, 2.45) is 5.92 Å². The van der Waals surface area contributed by atoms with Crippen LogP contribution in [0, 0.1) is 5.92 Å². The van der Waals surface area contributed by atoms with Crippen LogP contribution in [0.1, 0.15) is 56.3 Å². The predicted octanol–water partition coefficient (Wildman–Crippen LogP) is 1.41. The van der Waals surface area contributed by atoms with Crippen molar-refractivity contribution in [3.63, 3.8) is 0 Å². The highest BCUT2D eigenvalue weighted by Gasteiger charge is 2.38. The van der Waals surface area contributed by atoms with E-state index in [1.807, 2.05) is 4.90 Å². The fraction of sp³-hybridized carbons (Fsp3) is 0.812. The molecule has 0 bridgehead atoms. The number of likely N-dealkylation sites (tertiary alicyclic amines) is 1. The second-order valence-electron chi connectivity index (χ2n) is 6.86. The largest absolute Gasteiger partial charge is 0.381 e. The molecular weight excluding hydrogens is 296 g/mol. The Morgan fingerprint density at radius 2 is 2.00 bits per heavy atom. The Bertz CT molecular complexity index is 551. The number of aromatic nitrogens is 2. The lowest BCUT2D eigenvalue weighted by Crippen LogP contribution is -2.34. The van der Waals surface area contributed by atoms with Crippen molar-refractivity contribution in [2.75, 3.05) is 19.8 Å². The minimum Gasteiger partial charge on any atom is -0.381 e. The zero-order chi connectivity index (χ0) is 15.6. The van der Waals surface area contributed by atoms with E-state index in [0.717, 1.165) is 39.0 Å². The number of carbonyl (C=O) groups excluding carboxylic acids is 1. The molecule has 0 spiro atoms. The highest BCUT2D eigenvalue weighted by Crippen LogP contribution is 2.37. The maximum absolute atomic E-state index is 12.1. The van der Waals surface area contributed by atoms with Crippen molar-refractivity contribution in [1.29, 1.82) is 0 Å². The molecule has 2 aliphatic heterocycles. The molecule has 3 fully saturated rings. The first kappa shape index (κ1) is 15.1. The molecule has 23 heavy (non-hydrogen) atoms. The van der Waals surface area contributed by atoms with Crippen LogP contribution >= 0.6 is 0 Å². The Labute approximate surface area is 135 Å². The van der Waals surface area contributed by atoms with Gasteiger partial charge in [-0.25, -0.2) is 0 Å². The van der Waals surface area contributed by atoms with Crippen LogP contribution in [-0.2, 0) is 16.1 Å². The highest BCUT2D eigenvalue weighted by atomic mass is 16.5. The van der Waals surface area contributed by atoms with Crippen LogP contribution in [0.2, 0.25) is 0 Å². The van der Waals surface area contributed by atoms with Crippen LogP contribution < -0.4 is 5.32 Å². The van der Waals surface area contributed by atoms with E-state index >= 15 is 0 Å². The molecule has 1 aliphatic carbocycles. The summed E-state index contributed by atoms with van der Waals surface area (Å²) in [5.74, 6) is 2.18. The van der Waals surface area contributed by atoms with E-state index < -0.39 is 0 Å². The van der Waals surface area contributed by atoms with Crippen molar-refractivity contribution in [2.45, 2.75) is 57.2 Å². The Kier molecular flexibility index (Phi) is 4.31. The lowest BCUT2D eigenvalue weighted by Gasteiger charge is -2.22. The Morgan fingerprint density at radius 3 is 2.78 bits per heavy atom. The van der Waals surface area contributed by atoms with Crippen LogP contribution in [0.3, 0.4) is 0 Å². The number of amides is 1. The molecule has 1 aromatic rings. The second kappa shape index (κ2) is 6.57. The molecular formula is C16H24N4O3. The molecule has 7 nitrogen and oxygen atoms in total. The molecule has 126 valence electrons. The summed E-state index contributed by atoms with van der Waals surface area (Å²) >= 11 is 0. The van der Waals surface area contributed by atoms with Gasteiger partial charge in [-0.3, -0.25) is 4.79 Å². The number of rotatable bonds is 6. The summed E-state index contributed by atoms with van der Waals surface area (Å²) < 4.78 is 10.8. The van der Waals surface area contributed by atoms with Gasteiger partial charge in [0, 0.05) is 32.2 Å². The van der Waals surface area contributed by atoms with E-state index in [-0.39, 0.29) is 11.9 Å². The average molecular weight is 320 g/mol.